The molecule has 3 heteroatoms. The van der Waals surface area contributed by atoms with E-state index in [9.17, 15) is 4.39 Å². The van der Waals surface area contributed by atoms with Crippen LogP contribution in [0.25, 0.3) is 0 Å². The Morgan fingerprint density at radius 2 is 2.25 bits per heavy atom. The summed E-state index contributed by atoms with van der Waals surface area (Å²) in [5.41, 5.74) is 0.560. The average molecular weight is 229 g/mol. The van der Waals surface area contributed by atoms with E-state index in [1.54, 1.807) is 6.07 Å². The summed E-state index contributed by atoms with van der Waals surface area (Å²) in [7, 11) is 0. The second kappa shape index (κ2) is 4.13. The predicted molar refractivity (Wildman–Crippen MR) is 48.7 cm³/mol. The van der Waals surface area contributed by atoms with Crippen LogP contribution in [0.3, 0.4) is 0 Å². The van der Waals surface area contributed by atoms with Crippen LogP contribution in [-0.4, -0.2) is 10.4 Å². The first-order valence-electron chi connectivity index (χ1n) is 3.27. The first-order chi connectivity index (χ1) is 5.74. The molecule has 0 aliphatic carbocycles. The molecule has 1 N–H and O–H groups in total. The Morgan fingerprint density at radius 1 is 1.50 bits per heavy atom. The van der Waals surface area contributed by atoms with E-state index >= 15 is 0 Å². The van der Waals surface area contributed by atoms with Gasteiger partial charge in [0.2, 0.25) is 0 Å². The molecule has 0 saturated heterocycles. The van der Waals surface area contributed by atoms with E-state index in [4.69, 9.17) is 5.11 Å². The highest BCUT2D eigenvalue weighted by atomic mass is 79.9. The summed E-state index contributed by atoms with van der Waals surface area (Å²) in [6.45, 7) is 0. The number of benzene rings is 1. The Bertz CT molecular complexity index is 338. The van der Waals surface area contributed by atoms with Crippen molar-refractivity contribution >= 4 is 15.9 Å². The van der Waals surface area contributed by atoms with Crippen molar-refractivity contribution in [2.45, 2.75) is 0 Å². The molecule has 1 aromatic carbocycles. The lowest BCUT2D eigenvalue weighted by Crippen LogP contribution is -1.79. The molecule has 0 bridgehead atoms. The van der Waals surface area contributed by atoms with Crippen LogP contribution in [0.4, 0.5) is 4.39 Å². The third kappa shape index (κ3) is 2.24. The van der Waals surface area contributed by atoms with Crippen molar-refractivity contribution < 1.29 is 9.50 Å². The molecule has 0 radical (unpaired) electrons. The van der Waals surface area contributed by atoms with Crippen molar-refractivity contribution in [3.63, 3.8) is 0 Å². The molecule has 0 saturated carbocycles. The SMILES string of the molecule is Oc1ccc(C#CCBr)cc1F. The first-order valence-corrected chi connectivity index (χ1v) is 4.39. The fourth-order valence-corrected chi connectivity index (χ4v) is 0.860. The quantitative estimate of drug-likeness (QED) is 0.534. The zero-order valence-electron chi connectivity index (χ0n) is 6.14. The third-order valence-corrected chi connectivity index (χ3v) is 1.53. The highest BCUT2D eigenvalue weighted by Crippen LogP contribution is 2.15. The number of hydrogen-bond acceptors (Lipinski definition) is 1. The van der Waals surface area contributed by atoms with E-state index < -0.39 is 5.82 Å². The normalized spacial score (nSPS) is 8.83. The van der Waals surface area contributed by atoms with Gasteiger partial charge >= 0.3 is 0 Å². The summed E-state index contributed by atoms with van der Waals surface area (Å²) in [6.07, 6.45) is 0. The van der Waals surface area contributed by atoms with Crippen LogP contribution in [0.15, 0.2) is 18.2 Å². The number of alkyl halides is 1. The van der Waals surface area contributed by atoms with Gasteiger partial charge in [-0.1, -0.05) is 27.8 Å². The number of hydrogen-bond donors (Lipinski definition) is 1. The van der Waals surface area contributed by atoms with Crippen molar-refractivity contribution in [2.75, 3.05) is 5.33 Å². The molecule has 0 amide bonds. The van der Waals surface area contributed by atoms with E-state index in [0.29, 0.717) is 10.9 Å². The van der Waals surface area contributed by atoms with E-state index in [0.717, 1.165) is 0 Å². The highest BCUT2D eigenvalue weighted by molar-refractivity contribution is 9.09. The third-order valence-electron chi connectivity index (χ3n) is 1.25. The minimum absolute atomic E-state index is 0.348. The summed E-state index contributed by atoms with van der Waals surface area (Å²) in [6, 6.07) is 4.05. The van der Waals surface area contributed by atoms with Gasteiger partial charge in [-0.05, 0) is 18.2 Å². The second-order valence-corrected chi connectivity index (χ2v) is 2.66. The lowest BCUT2D eigenvalue weighted by molar-refractivity contribution is 0.432. The number of phenols is 1. The van der Waals surface area contributed by atoms with Crippen molar-refractivity contribution in [3.05, 3.63) is 29.6 Å². The molecule has 0 spiro atoms. The Labute approximate surface area is 78.4 Å². The second-order valence-electron chi connectivity index (χ2n) is 2.10. The Morgan fingerprint density at radius 3 is 2.83 bits per heavy atom. The van der Waals surface area contributed by atoms with Crippen molar-refractivity contribution in [1.82, 2.24) is 0 Å². The molecule has 1 aromatic rings. The zero-order valence-corrected chi connectivity index (χ0v) is 7.73. The maximum Gasteiger partial charge on any atom is 0.166 e. The van der Waals surface area contributed by atoms with Gasteiger partial charge in [0.05, 0.1) is 5.33 Å². The molecule has 0 unspecified atom stereocenters. The van der Waals surface area contributed by atoms with Gasteiger partial charge < -0.3 is 5.11 Å². The fraction of sp³-hybridized carbons (Fsp3) is 0.111. The van der Waals surface area contributed by atoms with Gasteiger partial charge in [-0.15, -0.1) is 0 Å². The average Bonchev–Trinajstić information content (AvgIpc) is 2.07. The molecule has 1 rings (SSSR count). The largest absolute Gasteiger partial charge is 0.505 e. The van der Waals surface area contributed by atoms with Crippen LogP contribution < -0.4 is 0 Å². The minimum Gasteiger partial charge on any atom is -0.505 e. The lowest BCUT2D eigenvalue weighted by Gasteiger charge is -1.93. The number of phenolic OH excluding ortho intramolecular Hbond substituents is 1. The molecule has 0 aromatic heterocycles. The van der Waals surface area contributed by atoms with Gasteiger partial charge in [0.15, 0.2) is 11.6 Å². The Hall–Kier alpha value is -1.01. The fourth-order valence-electron chi connectivity index (χ4n) is 0.720. The van der Waals surface area contributed by atoms with Crippen molar-refractivity contribution in [3.8, 4) is 17.6 Å². The molecule has 62 valence electrons. The predicted octanol–water partition coefficient (Wildman–Crippen LogP) is 2.28. The number of halogens is 2. The van der Waals surface area contributed by atoms with E-state index in [1.165, 1.54) is 12.1 Å². The molecule has 1 nitrogen and oxygen atoms in total. The zero-order chi connectivity index (χ0) is 8.97. The molecular weight excluding hydrogens is 223 g/mol. The van der Waals surface area contributed by atoms with E-state index in [1.807, 2.05) is 0 Å². The maximum absolute atomic E-state index is 12.7. The topological polar surface area (TPSA) is 20.2 Å². The van der Waals surface area contributed by atoms with Gasteiger partial charge in [0.25, 0.3) is 0 Å². The molecule has 0 atom stereocenters. The minimum atomic E-state index is -0.642. The summed E-state index contributed by atoms with van der Waals surface area (Å²) in [5, 5.41) is 9.39. The van der Waals surface area contributed by atoms with Crippen LogP contribution >= 0.6 is 15.9 Å². The monoisotopic (exact) mass is 228 g/mol. The standard InChI is InChI=1S/C9H6BrFO/c10-5-1-2-7-3-4-9(12)8(11)6-7/h3-4,6,12H,5H2. The van der Waals surface area contributed by atoms with Gasteiger partial charge in [-0.3, -0.25) is 0 Å². The van der Waals surface area contributed by atoms with Gasteiger partial charge in [-0.25, -0.2) is 4.39 Å². The van der Waals surface area contributed by atoms with Gasteiger partial charge in [0.1, 0.15) is 0 Å². The van der Waals surface area contributed by atoms with Crippen LogP contribution in [0.2, 0.25) is 0 Å². The summed E-state index contributed by atoms with van der Waals surface area (Å²) in [4.78, 5) is 0. The van der Waals surface area contributed by atoms with Crippen molar-refractivity contribution in [2.24, 2.45) is 0 Å². The molecule has 12 heavy (non-hydrogen) atoms. The molecule has 0 aliphatic heterocycles. The van der Waals surface area contributed by atoms with Crippen molar-refractivity contribution in [1.29, 1.82) is 0 Å². The smallest absolute Gasteiger partial charge is 0.166 e. The van der Waals surface area contributed by atoms with Gasteiger partial charge in [0, 0.05) is 5.56 Å². The maximum atomic E-state index is 12.7. The highest BCUT2D eigenvalue weighted by Gasteiger charge is 1.98. The number of rotatable bonds is 0. The van der Waals surface area contributed by atoms with Crippen LogP contribution in [-0.2, 0) is 0 Å². The molecule has 0 heterocycles. The first kappa shape index (κ1) is 9.08. The summed E-state index contributed by atoms with van der Waals surface area (Å²) in [5.74, 6) is 4.45. The molecule has 0 fully saturated rings. The van der Waals surface area contributed by atoms with Gasteiger partial charge in [-0.2, -0.15) is 0 Å². The Balaban J connectivity index is 2.97. The molecule has 0 aliphatic rings. The summed E-state index contributed by atoms with van der Waals surface area (Å²) >= 11 is 3.12. The molecular formula is C9H6BrFO. The summed E-state index contributed by atoms with van der Waals surface area (Å²) < 4.78 is 12.7. The van der Waals surface area contributed by atoms with E-state index in [2.05, 4.69) is 27.8 Å². The van der Waals surface area contributed by atoms with E-state index in [-0.39, 0.29) is 5.75 Å². The lowest BCUT2D eigenvalue weighted by atomic mass is 10.2. The van der Waals surface area contributed by atoms with Crippen LogP contribution in [0.1, 0.15) is 5.56 Å². The van der Waals surface area contributed by atoms with Crippen LogP contribution in [0.5, 0.6) is 5.75 Å². The Kier molecular flexibility index (Phi) is 3.12. The number of aromatic hydroxyl groups is 1. The van der Waals surface area contributed by atoms with Crippen LogP contribution in [0, 0.1) is 17.7 Å².